The second kappa shape index (κ2) is 14.5. The molecule has 5 aromatic rings. The van der Waals surface area contributed by atoms with E-state index in [0.717, 1.165) is 65.0 Å². The zero-order valence-electron chi connectivity index (χ0n) is 26.4. The molecule has 8 nitrogen and oxygen atoms in total. The summed E-state index contributed by atoms with van der Waals surface area (Å²) < 4.78 is 13.2. The van der Waals surface area contributed by atoms with Crippen LogP contribution < -0.4 is 5.32 Å². The van der Waals surface area contributed by atoms with Gasteiger partial charge in [-0.25, -0.2) is 4.98 Å². The third-order valence-electron chi connectivity index (χ3n) is 9.16. The highest BCUT2D eigenvalue weighted by molar-refractivity contribution is 5.93. The first-order chi connectivity index (χ1) is 23.1. The van der Waals surface area contributed by atoms with E-state index in [1.807, 2.05) is 54.6 Å². The van der Waals surface area contributed by atoms with Crippen LogP contribution in [0.5, 0.6) is 0 Å². The third-order valence-corrected chi connectivity index (χ3v) is 9.16. The van der Waals surface area contributed by atoms with Gasteiger partial charge >= 0.3 is 0 Å². The Kier molecular flexibility index (Phi) is 9.63. The predicted molar refractivity (Wildman–Crippen MR) is 181 cm³/mol. The first-order valence-corrected chi connectivity index (χ1v) is 16.5. The molecule has 0 spiro atoms. The fourth-order valence-corrected chi connectivity index (χ4v) is 6.57. The number of aromatic nitrogens is 2. The Bertz CT molecular complexity index is 1800. The van der Waals surface area contributed by atoms with Crippen LogP contribution in [-0.4, -0.2) is 51.6 Å². The number of rotatable bonds is 9. The maximum Gasteiger partial charge on any atom is 0.271 e. The lowest BCUT2D eigenvalue weighted by Gasteiger charge is -2.39. The van der Waals surface area contributed by atoms with E-state index in [0.29, 0.717) is 17.8 Å². The van der Waals surface area contributed by atoms with Crippen molar-refractivity contribution in [3.8, 4) is 11.1 Å². The number of para-hydroxylation sites is 2. The molecule has 2 fully saturated rings. The van der Waals surface area contributed by atoms with Gasteiger partial charge in [-0.05, 0) is 65.9 Å². The number of aliphatic hydroxyl groups is 1. The highest BCUT2D eigenvalue weighted by Gasteiger charge is 2.33. The molecule has 3 atom stereocenters. The number of hydrogen-bond acceptors (Lipinski definition) is 7. The Balaban J connectivity index is 1.07. The summed E-state index contributed by atoms with van der Waals surface area (Å²) >= 11 is 0. The number of carbonyl (C=O) groups excluding carboxylic acids is 1. The molecule has 2 saturated heterocycles. The topological polar surface area (TPSA) is 96.8 Å². The number of ether oxygens (including phenoxy) is 2. The van der Waals surface area contributed by atoms with Crippen molar-refractivity contribution in [2.24, 2.45) is 0 Å². The van der Waals surface area contributed by atoms with Crippen molar-refractivity contribution in [1.29, 1.82) is 0 Å². The predicted octanol–water partition coefficient (Wildman–Crippen LogP) is 6.75. The van der Waals surface area contributed by atoms with Crippen molar-refractivity contribution in [2.45, 2.75) is 57.3 Å². The minimum atomic E-state index is -0.493. The van der Waals surface area contributed by atoms with E-state index in [2.05, 4.69) is 62.6 Å². The monoisotopic (exact) mass is 628 g/mol. The molecular weight excluding hydrogens is 588 g/mol. The maximum atomic E-state index is 13.0. The van der Waals surface area contributed by atoms with Gasteiger partial charge in [0.25, 0.3) is 5.91 Å². The van der Waals surface area contributed by atoms with E-state index in [9.17, 15) is 9.90 Å². The maximum absolute atomic E-state index is 13.0. The summed E-state index contributed by atoms with van der Waals surface area (Å²) in [5, 5.41) is 12.5. The molecule has 7 rings (SSSR count). The Morgan fingerprint density at radius 1 is 0.830 bits per heavy atom. The number of benzene rings is 4. The summed E-state index contributed by atoms with van der Waals surface area (Å²) in [4.78, 5) is 24.4. The van der Waals surface area contributed by atoms with Crippen LogP contribution in [-0.2, 0) is 22.6 Å². The number of likely N-dealkylation sites (tertiary alicyclic amines) is 1. The van der Waals surface area contributed by atoms with Crippen molar-refractivity contribution in [3.05, 3.63) is 131 Å². The quantitative estimate of drug-likeness (QED) is 0.186. The van der Waals surface area contributed by atoms with Gasteiger partial charge in [0.15, 0.2) is 6.29 Å². The fraction of sp³-hybridized carbons (Fsp3) is 0.308. The lowest BCUT2D eigenvalue weighted by Crippen LogP contribution is -2.41. The summed E-state index contributed by atoms with van der Waals surface area (Å²) in [5.41, 5.74) is 7.78. The standard InChI is InChI=1S/C39H40N4O4/c44-26-27-12-14-29(15-13-27)37-22-32(25-43-20-6-1-7-21-43)46-39(47-37)30-18-16-28(17-19-30)33-9-3-2-8-31(33)23-41-38(45)36-24-40-34-10-4-5-11-35(34)42-36/h2-5,8-19,24,32,37,39,44H,1,6-7,20-23,25-26H2,(H,41,45)/t32-,37+,39+/m1/s1. The van der Waals surface area contributed by atoms with Gasteiger partial charge in [-0.3, -0.25) is 9.78 Å². The summed E-state index contributed by atoms with van der Waals surface area (Å²) in [6, 6.07) is 32.0. The molecule has 8 heteroatoms. The Hall–Kier alpha value is -4.47. The van der Waals surface area contributed by atoms with Crippen molar-refractivity contribution in [3.63, 3.8) is 0 Å². The summed E-state index contributed by atoms with van der Waals surface area (Å²) in [6.45, 7) is 3.51. The minimum Gasteiger partial charge on any atom is -0.392 e. The summed E-state index contributed by atoms with van der Waals surface area (Å²) in [5.74, 6) is -0.264. The van der Waals surface area contributed by atoms with E-state index in [-0.39, 0.29) is 24.7 Å². The van der Waals surface area contributed by atoms with E-state index in [1.165, 1.54) is 25.5 Å². The van der Waals surface area contributed by atoms with E-state index < -0.39 is 6.29 Å². The number of hydrogen-bond donors (Lipinski definition) is 2. The number of fused-ring (bicyclic) bond motifs is 1. The third kappa shape index (κ3) is 7.42. The van der Waals surface area contributed by atoms with Crippen LogP contribution in [0.3, 0.4) is 0 Å². The van der Waals surface area contributed by atoms with Crippen molar-refractivity contribution in [1.82, 2.24) is 20.2 Å². The molecule has 0 aliphatic carbocycles. The lowest BCUT2D eigenvalue weighted by atomic mass is 9.97. The summed E-state index contributed by atoms with van der Waals surface area (Å²) in [7, 11) is 0. The molecule has 0 radical (unpaired) electrons. The Morgan fingerprint density at radius 2 is 1.55 bits per heavy atom. The number of nitrogens with zero attached hydrogens (tertiary/aromatic N) is 3. The van der Waals surface area contributed by atoms with Crippen molar-refractivity contribution >= 4 is 16.9 Å². The van der Waals surface area contributed by atoms with Crippen LogP contribution in [0.25, 0.3) is 22.2 Å². The molecule has 4 aromatic carbocycles. The minimum absolute atomic E-state index is 0.0239. The van der Waals surface area contributed by atoms with Gasteiger partial charge in [0.1, 0.15) is 5.69 Å². The highest BCUT2D eigenvalue weighted by Crippen LogP contribution is 2.39. The smallest absolute Gasteiger partial charge is 0.271 e. The van der Waals surface area contributed by atoms with Gasteiger partial charge < -0.3 is 24.8 Å². The van der Waals surface area contributed by atoms with Gasteiger partial charge in [-0.1, -0.05) is 91.3 Å². The molecular formula is C39H40N4O4. The molecule has 2 aliphatic heterocycles. The molecule has 3 heterocycles. The van der Waals surface area contributed by atoms with Crippen LogP contribution >= 0.6 is 0 Å². The van der Waals surface area contributed by atoms with Crippen LogP contribution in [0.15, 0.2) is 103 Å². The van der Waals surface area contributed by atoms with Gasteiger partial charge in [0.05, 0.1) is 36.0 Å². The second-order valence-corrected chi connectivity index (χ2v) is 12.4. The second-order valence-electron chi connectivity index (χ2n) is 12.4. The van der Waals surface area contributed by atoms with Gasteiger partial charge in [0, 0.05) is 25.1 Å². The van der Waals surface area contributed by atoms with Gasteiger partial charge in [0.2, 0.25) is 0 Å². The van der Waals surface area contributed by atoms with E-state index in [4.69, 9.17) is 9.47 Å². The Morgan fingerprint density at radius 3 is 2.34 bits per heavy atom. The first kappa shape index (κ1) is 31.1. The molecule has 2 aliphatic rings. The molecule has 1 aromatic heterocycles. The number of carbonyl (C=O) groups is 1. The molecule has 0 saturated carbocycles. The van der Waals surface area contributed by atoms with Crippen LogP contribution in [0.2, 0.25) is 0 Å². The number of aliphatic hydroxyl groups excluding tert-OH is 1. The van der Waals surface area contributed by atoms with Gasteiger partial charge in [-0.2, -0.15) is 0 Å². The molecule has 47 heavy (non-hydrogen) atoms. The van der Waals surface area contributed by atoms with Crippen LogP contribution in [0.1, 0.15) is 70.8 Å². The van der Waals surface area contributed by atoms with Crippen molar-refractivity contribution < 1.29 is 19.4 Å². The zero-order chi connectivity index (χ0) is 32.0. The lowest BCUT2D eigenvalue weighted by molar-refractivity contribution is -0.253. The molecule has 0 unspecified atom stereocenters. The highest BCUT2D eigenvalue weighted by atomic mass is 16.7. The fourth-order valence-electron chi connectivity index (χ4n) is 6.57. The van der Waals surface area contributed by atoms with E-state index in [1.54, 1.807) is 0 Å². The Labute approximate surface area is 275 Å². The molecule has 1 amide bonds. The average molecular weight is 629 g/mol. The number of amides is 1. The largest absolute Gasteiger partial charge is 0.392 e. The number of nitrogens with one attached hydrogen (secondary N) is 1. The molecule has 0 bridgehead atoms. The summed E-state index contributed by atoms with van der Waals surface area (Å²) in [6.07, 6.45) is 5.53. The van der Waals surface area contributed by atoms with E-state index >= 15 is 0 Å². The number of piperidine rings is 1. The first-order valence-electron chi connectivity index (χ1n) is 16.5. The molecule has 240 valence electrons. The van der Waals surface area contributed by atoms with Crippen LogP contribution in [0, 0.1) is 0 Å². The zero-order valence-corrected chi connectivity index (χ0v) is 26.4. The average Bonchev–Trinajstić information content (AvgIpc) is 3.14. The van der Waals surface area contributed by atoms with Gasteiger partial charge in [-0.15, -0.1) is 0 Å². The molecule has 2 N–H and O–H groups in total. The SMILES string of the molecule is O=C(NCc1ccccc1-c1ccc([C@H]2O[C@@H](CN3CCCCC3)C[C@@H](c3ccc(CO)cc3)O2)cc1)c1cnc2ccccc2n1. The van der Waals surface area contributed by atoms with Crippen molar-refractivity contribution in [2.75, 3.05) is 19.6 Å². The normalized spacial score (nSPS) is 20.2. The van der Waals surface area contributed by atoms with Crippen LogP contribution in [0.4, 0.5) is 0 Å².